The summed E-state index contributed by atoms with van der Waals surface area (Å²) in [6, 6.07) is 8.54. The second-order valence-corrected chi connectivity index (χ2v) is 3.33. The lowest BCUT2D eigenvalue weighted by Gasteiger charge is -2.04. The second kappa shape index (κ2) is 8.29. The molecule has 1 rings (SSSR count). The van der Waals surface area contributed by atoms with Gasteiger partial charge in [-0.3, -0.25) is 9.59 Å². The average Bonchev–Trinajstić information content (AvgIpc) is 2.31. The van der Waals surface area contributed by atoms with E-state index < -0.39 is 12.0 Å². The van der Waals surface area contributed by atoms with Crippen molar-refractivity contribution < 1.29 is 19.4 Å². The molecular weight excluding hydrogens is 222 g/mol. The van der Waals surface area contributed by atoms with Crippen LogP contribution in [0, 0.1) is 0 Å². The van der Waals surface area contributed by atoms with Gasteiger partial charge in [0.2, 0.25) is 0 Å². The van der Waals surface area contributed by atoms with Crippen molar-refractivity contribution in [1.82, 2.24) is 0 Å². The van der Waals surface area contributed by atoms with Crippen LogP contribution in [-0.4, -0.2) is 30.2 Å². The molecular formula is C12H17NO4. The molecule has 1 atom stereocenters. The highest BCUT2D eigenvalue weighted by atomic mass is 16.5. The summed E-state index contributed by atoms with van der Waals surface area (Å²) in [5.41, 5.74) is 6.30. The highest BCUT2D eigenvalue weighted by Gasteiger charge is 2.10. The van der Waals surface area contributed by atoms with E-state index in [0.29, 0.717) is 6.42 Å². The van der Waals surface area contributed by atoms with Gasteiger partial charge < -0.3 is 15.6 Å². The third-order valence-electron chi connectivity index (χ3n) is 1.90. The Balaban J connectivity index is 0.000000437. The predicted molar refractivity (Wildman–Crippen MR) is 63.4 cm³/mol. The molecule has 3 N–H and O–H groups in total. The number of carboxylic acid groups (broad SMARTS) is 1. The van der Waals surface area contributed by atoms with Crippen LogP contribution in [-0.2, 0) is 20.7 Å². The van der Waals surface area contributed by atoms with Crippen molar-refractivity contribution in [3.63, 3.8) is 0 Å². The van der Waals surface area contributed by atoms with Crippen LogP contribution in [0.15, 0.2) is 30.3 Å². The topological polar surface area (TPSA) is 89.6 Å². The minimum absolute atomic E-state index is 0.245. The molecule has 5 heteroatoms. The molecule has 0 bridgehead atoms. The van der Waals surface area contributed by atoms with E-state index >= 15 is 0 Å². The fourth-order valence-corrected chi connectivity index (χ4v) is 0.955. The van der Waals surface area contributed by atoms with Gasteiger partial charge in [0.1, 0.15) is 6.04 Å². The number of hydrogen-bond acceptors (Lipinski definition) is 4. The maximum Gasteiger partial charge on any atom is 0.320 e. The summed E-state index contributed by atoms with van der Waals surface area (Å²) in [6.45, 7) is 1.36. The lowest BCUT2D eigenvalue weighted by Crippen LogP contribution is -2.32. The Morgan fingerprint density at radius 2 is 1.82 bits per heavy atom. The molecule has 0 aliphatic rings. The van der Waals surface area contributed by atoms with Crippen LogP contribution in [0.5, 0.6) is 0 Å². The van der Waals surface area contributed by atoms with E-state index in [0.717, 1.165) is 5.56 Å². The molecule has 0 unspecified atom stereocenters. The number of nitrogens with two attached hydrogens (primary N) is 1. The molecule has 0 fully saturated rings. The summed E-state index contributed by atoms with van der Waals surface area (Å²) >= 11 is 0. The van der Waals surface area contributed by atoms with Crippen molar-refractivity contribution >= 4 is 11.9 Å². The first-order valence-electron chi connectivity index (χ1n) is 5.04. The smallest absolute Gasteiger partial charge is 0.320 e. The molecule has 0 aromatic heterocycles. The van der Waals surface area contributed by atoms with Gasteiger partial charge in [-0.2, -0.15) is 0 Å². The minimum atomic E-state index is -0.959. The van der Waals surface area contributed by atoms with Gasteiger partial charge in [0, 0.05) is 6.92 Å². The van der Waals surface area contributed by atoms with Crippen molar-refractivity contribution in [3.05, 3.63) is 35.9 Å². The first-order valence-corrected chi connectivity index (χ1v) is 5.04. The zero-order valence-electron chi connectivity index (χ0n) is 9.92. The van der Waals surface area contributed by atoms with Crippen LogP contribution in [0.3, 0.4) is 0 Å². The van der Waals surface area contributed by atoms with E-state index in [9.17, 15) is 9.59 Å². The molecule has 0 heterocycles. The summed E-state index contributed by atoms with van der Waals surface area (Å²) in [4.78, 5) is 20.0. The molecule has 0 aliphatic carbocycles. The average molecular weight is 239 g/mol. The minimum Gasteiger partial charge on any atom is -0.480 e. The van der Waals surface area contributed by atoms with E-state index in [-0.39, 0.29) is 5.97 Å². The maximum absolute atomic E-state index is 10.4. The largest absolute Gasteiger partial charge is 0.480 e. The zero-order valence-corrected chi connectivity index (χ0v) is 9.92. The quantitative estimate of drug-likeness (QED) is 0.762. The van der Waals surface area contributed by atoms with Gasteiger partial charge in [0.25, 0.3) is 0 Å². The number of carbonyl (C=O) groups is 2. The van der Waals surface area contributed by atoms with Gasteiger partial charge in [0.05, 0.1) is 7.11 Å². The van der Waals surface area contributed by atoms with E-state index in [1.165, 1.54) is 14.0 Å². The van der Waals surface area contributed by atoms with Crippen molar-refractivity contribution in [3.8, 4) is 0 Å². The van der Waals surface area contributed by atoms with Gasteiger partial charge in [-0.25, -0.2) is 0 Å². The number of aliphatic carboxylic acids is 1. The summed E-state index contributed by atoms with van der Waals surface area (Å²) < 4.78 is 4.11. The Morgan fingerprint density at radius 1 is 1.35 bits per heavy atom. The van der Waals surface area contributed by atoms with E-state index in [2.05, 4.69) is 4.74 Å². The van der Waals surface area contributed by atoms with E-state index in [1.807, 2.05) is 30.3 Å². The molecule has 0 amide bonds. The molecule has 0 spiro atoms. The molecule has 1 aromatic carbocycles. The number of hydrogen-bond donors (Lipinski definition) is 2. The molecule has 1 aromatic rings. The lowest BCUT2D eigenvalue weighted by molar-refractivity contribution is -0.139. The fourth-order valence-electron chi connectivity index (χ4n) is 0.955. The molecule has 94 valence electrons. The van der Waals surface area contributed by atoms with E-state index in [4.69, 9.17) is 10.8 Å². The van der Waals surface area contributed by atoms with Crippen LogP contribution < -0.4 is 5.73 Å². The van der Waals surface area contributed by atoms with Crippen LogP contribution in [0.4, 0.5) is 0 Å². The molecule has 17 heavy (non-hydrogen) atoms. The Kier molecular flexibility index (Phi) is 7.38. The standard InChI is InChI=1S/C9H11NO2.C3H6O2/c10-8(9(11)12)6-7-4-2-1-3-5-7;1-3(4)5-2/h1-5,8H,6,10H2,(H,11,12);1-2H3/t8-;/m0./s1. The number of rotatable bonds is 3. The zero-order chi connectivity index (χ0) is 13.3. The van der Waals surface area contributed by atoms with Gasteiger partial charge >= 0.3 is 11.9 Å². The van der Waals surface area contributed by atoms with Crippen LogP contribution >= 0.6 is 0 Å². The number of esters is 1. The van der Waals surface area contributed by atoms with Gasteiger partial charge in [-0.05, 0) is 12.0 Å². The first kappa shape index (κ1) is 15.1. The van der Waals surface area contributed by atoms with Gasteiger partial charge in [-0.1, -0.05) is 30.3 Å². The van der Waals surface area contributed by atoms with Crippen LogP contribution in [0.2, 0.25) is 0 Å². The molecule has 0 saturated carbocycles. The monoisotopic (exact) mass is 239 g/mol. The fraction of sp³-hybridized carbons (Fsp3) is 0.333. The number of ether oxygens (including phenoxy) is 1. The van der Waals surface area contributed by atoms with Crippen molar-refractivity contribution in [2.75, 3.05) is 7.11 Å². The van der Waals surface area contributed by atoms with E-state index in [1.54, 1.807) is 0 Å². The predicted octanol–water partition coefficient (Wildman–Crippen LogP) is 0.820. The first-order chi connectivity index (χ1) is 7.97. The number of methoxy groups -OCH3 is 1. The Labute approximate surface area is 100 Å². The Bertz CT molecular complexity index is 351. The third-order valence-corrected chi connectivity index (χ3v) is 1.90. The Hall–Kier alpha value is -1.88. The number of benzene rings is 1. The third kappa shape index (κ3) is 7.98. The number of carbonyl (C=O) groups excluding carboxylic acids is 1. The maximum atomic E-state index is 10.4. The second-order valence-electron chi connectivity index (χ2n) is 3.33. The molecule has 0 saturated heterocycles. The summed E-state index contributed by atoms with van der Waals surface area (Å²) in [5, 5.41) is 8.52. The normalized spacial score (nSPS) is 10.8. The van der Waals surface area contributed by atoms with Gasteiger partial charge in [0.15, 0.2) is 0 Å². The molecule has 0 aliphatic heterocycles. The summed E-state index contributed by atoms with van der Waals surface area (Å²) in [5.74, 6) is -1.20. The van der Waals surface area contributed by atoms with Crippen LogP contribution in [0.25, 0.3) is 0 Å². The molecule has 0 radical (unpaired) electrons. The highest BCUT2D eigenvalue weighted by Crippen LogP contribution is 2.01. The van der Waals surface area contributed by atoms with Crippen molar-refractivity contribution in [1.29, 1.82) is 0 Å². The highest BCUT2D eigenvalue weighted by molar-refractivity contribution is 5.73. The SMILES string of the molecule is COC(C)=O.N[C@@H](Cc1ccccc1)C(=O)O. The van der Waals surface area contributed by atoms with Crippen molar-refractivity contribution in [2.45, 2.75) is 19.4 Å². The summed E-state index contributed by atoms with van der Waals surface area (Å²) in [7, 11) is 1.35. The Morgan fingerprint density at radius 3 is 2.18 bits per heavy atom. The summed E-state index contributed by atoms with van der Waals surface area (Å²) in [6.07, 6.45) is 0.385. The van der Waals surface area contributed by atoms with Crippen molar-refractivity contribution in [2.24, 2.45) is 5.73 Å². The lowest BCUT2D eigenvalue weighted by atomic mass is 10.1. The number of carboxylic acids is 1. The van der Waals surface area contributed by atoms with Gasteiger partial charge in [-0.15, -0.1) is 0 Å². The van der Waals surface area contributed by atoms with Crippen LogP contribution in [0.1, 0.15) is 12.5 Å². The molecule has 5 nitrogen and oxygen atoms in total.